The molecule has 0 aliphatic heterocycles. The van der Waals surface area contributed by atoms with Crippen LogP contribution in [-0.4, -0.2) is 15.8 Å². The Balaban J connectivity index is 1.72. The minimum atomic E-state index is -0.359. The summed E-state index contributed by atoms with van der Waals surface area (Å²) in [5, 5.41) is 18.7. The molecule has 2 aromatic carbocycles. The Morgan fingerprint density at radius 2 is 1.88 bits per heavy atom. The lowest BCUT2D eigenvalue weighted by molar-refractivity contribution is 0.262. The molecule has 0 aliphatic carbocycles. The first-order valence-corrected chi connectivity index (χ1v) is 8.22. The van der Waals surface area contributed by atoms with Crippen molar-refractivity contribution in [2.45, 2.75) is 0 Å². The third-order valence-electron chi connectivity index (χ3n) is 3.45. The lowest BCUT2D eigenvalue weighted by atomic mass is 10.1. The molecule has 124 valence electrons. The van der Waals surface area contributed by atoms with Gasteiger partial charge in [-0.05, 0) is 52.3 Å². The van der Waals surface area contributed by atoms with Crippen LogP contribution in [0.5, 0.6) is 0 Å². The summed E-state index contributed by atoms with van der Waals surface area (Å²) in [4.78, 5) is 12.1. The molecule has 3 aromatic rings. The van der Waals surface area contributed by atoms with Gasteiger partial charge >= 0.3 is 6.03 Å². The van der Waals surface area contributed by atoms with E-state index in [-0.39, 0.29) is 6.03 Å². The van der Waals surface area contributed by atoms with Gasteiger partial charge in [0.05, 0.1) is 16.1 Å². The number of halogens is 1. The van der Waals surface area contributed by atoms with Gasteiger partial charge in [0, 0.05) is 30.2 Å². The Kier molecular flexibility index (Phi) is 4.82. The summed E-state index contributed by atoms with van der Waals surface area (Å²) >= 11 is 3.48. The number of carbonyl (C=O) groups is 1. The molecule has 0 bridgehead atoms. The van der Waals surface area contributed by atoms with Crippen LogP contribution in [0.2, 0.25) is 0 Å². The smallest absolute Gasteiger partial charge is 0.308 e. The number of anilines is 2. The molecule has 0 unspecified atom stereocenters. The molecule has 0 saturated carbocycles. The lowest BCUT2D eigenvalue weighted by Crippen LogP contribution is -2.19. The molecule has 25 heavy (non-hydrogen) atoms. The number of urea groups is 1. The predicted molar refractivity (Wildman–Crippen MR) is 100 cm³/mol. The second-order valence-electron chi connectivity index (χ2n) is 5.35. The Morgan fingerprint density at radius 1 is 1.16 bits per heavy atom. The summed E-state index contributed by atoms with van der Waals surface area (Å²) in [6, 6.07) is 15.8. The number of aromatic nitrogens is 2. The molecule has 0 radical (unpaired) electrons. The second kappa shape index (κ2) is 7.20. The fraction of sp³-hybridized carbons (Fsp3) is 0.0556. The molecule has 3 rings (SSSR count). The lowest BCUT2D eigenvalue weighted by Gasteiger charge is -2.09. The number of hydrogen-bond acceptors (Lipinski definition) is 3. The molecule has 0 spiro atoms. The van der Waals surface area contributed by atoms with E-state index in [1.807, 2.05) is 37.5 Å². The number of nitrogens with one attached hydrogen (secondary N) is 2. The quantitative estimate of drug-likeness (QED) is 0.690. The Hall–Kier alpha value is -3.11. The van der Waals surface area contributed by atoms with E-state index in [0.717, 1.165) is 15.7 Å². The van der Waals surface area contributed by atoms with Gasteiger partial charge in [0.2, 0.25) is 0 Å². The van der Waals surface area contributed by atoms with Crippen LogP contribution in [0.3, 0.4) is 0 Å². The standard InChI is InChI=1S/C18H14BrN5O/c1-24-11-16(19)17(23-24)13-3-2-4-15(9-13)22-18(25)21-14-7-5-12(10-20)6-8-14/h2-9,11H,1H3,(H2,21,22,25). The molecule has 1 heterocycles. The van der Waals surface area contributed by atoms with Crippen LogP contribution in [0.4, 0.5) is 16.2 Å². The van der Waals surface area contributed by atoms with E-state index < -0.39 is 0 Å². The van der Waals surface area contributed by atoms with Crippen molar-refractivity contribution in [3.63, 3.8) is 0 Å². The summed E-state index contributed by atoms with van der Waals surface area (Å²) < 4.78 is 2.60. The number of amides is 2. The van der Waals surface area contributed by atoms with E-state index in [4.69, 9.17) is 5.26 Å². The number of aryl methyl sites for hydroxylation is 1. The Morgan fingerprint density at radius 3 is 2.52 bits per heavy atom. The molecular formula is C18H14BrN5O. The van der Waals surface area contributed by atoms with E-state index in [1.165, 1.54) is 0 Å². The maximum Gasteiger partial charge on any atom is 0.323 e. The third kappa shape index (κ3) is 4.05. The van der Waals surface area contributed by atoms with E-state index in [1.54, 1.807) is 35.0 Å². The first-order chi connectivity index (χ1) is 12.0. The van der Waals surface area contributed by atoms with Gasteiger partial charge in [-0.3, -0.25) is 4.68 Å². The highest BCUT2D eigenvalue weighted by Gasteiger charge is 2.09. The van der Waals surface area contributed by atoms with Crippen molar-refractivity contribution in [1.82, 2.24) is 9.78 Å². The fourth-order valence-electron chi connectivity index (χ4n) is 2.32. The molecule has 6 nitrogen and oxygen atoms in total. The molecule has 0 saturated heterocycles. The van der Waals surface area contributed by atoms with Gasteiger partial charge in [0.25, 0.3) is 0 Å². The van der Waals surface area contributed by atoms with Crippen molar-refractivity contribution in [1.29, 1.82) is 5.26 Å². The zero-order chi connectivity index (χ0) is 17.8. The number of rotatable bonds is 3. The van der Waals surface area contributed by atoms with Crippen LogP contribution in [0.1, 0.15) is 5.56 Å². The minimum absolute atomic E-state index is 0.359. The second-order valence-corrected chi connectivity index (χ2v) is 6.20. The average Bonchev–Trinajstić information content (AvgIpc) is 2.94. The first-order valence-electron chi connectivity index (χ1n) is 7.43. The van der Waals surface area contributed by atoms with Gasteiger partial charge in [-0.2, -0.15) is 10.4 Å². The molecule has 2 amide bonds. The van der Waals surface area contributed by atoms with Crippen LogP contribution >= 0.6 is 15.9 Å². The highest BCUT2D eigenvalue weighted by Crippen LogP contribution is 2.28. The summed E-state index contributed by atoms with van der Waals surface area (Å²) in [5.41, 5.74) is 3.50. The average molecular weight is 396 g/mol. The van der Waals surface area contributed by atoms with Gasteiger partial charge in [-0.1, -0.05) is 12.1 Å². The van der Waals surface area contributed by atoms with E-state index >= 15 is 0 Å². The molecule has 0 fully saturated rings. The molecule has 1 aromatic heterocycles. The first kappa shape index (κ1) is 16.7. The zero-order valence-corrected chi connectivity index (χ0v) is 14.9. The zero-order valence-electron chi connectivity index (χ0n) is 13.3. The highest BCUT2D eigenvalue weighted by molar-refractivity contribution is 9.10. The number of carbonyl (C=O) groups excluding carboxylic acids is 1. The SMILES string of the molecule is Cn1cc(Br)c(-c2cccc(NC(=O)Nc3ccc(C#N)cc3)c2)n1. The molecule has 7 heteroatoms. The van der Waals surface area contributed by atoms with Crippen LogP contribution in [0.25, 0.3) is 11.3 Å². The van der Waals surface area contributed by atoms with Gasteiger partial charge in [-0.25, -0.2) is 4.79 Å². The number of hydrogen-bond donors (Lipinski definition) is 2. The Bertz CT molecular complexity index is 956. The van der Waals surface area contributed by atoms with Gasteiger partial charge in [0.15, 0.2) is 0 Å². The number of benzene rings is 2. The topological polar surface area (TPSA) is 82.7 Å². The fourth-order valence-corrected chi connectivity index (χ4v) is 2.93. The third-order valence-corrected chi connectivity index (χ3v) is 4.03. The molecule has 2 N–H and O–H groups in total. The largest absolute Gasteiger partial charge is 0.323 e. The van der Waals surface area contributed by atoms with Crippen molar-refractivity contribution in [3.8, 4) is 17.3 Å². The summed E-state index contributed by atoms with van der Waals surface area (Å²) in [6.07, 6.45) is 1.87. The monoisotopic (exact) mass is 395 g/mol. The van der Waals surface area contributed by atoms with Crippen LogP contribution in [0.15, 0.2) is 59.2 Å². The predicted octanol–water partition coefficient (Wildman–Crippen LogP) is 4.37. The van der Waals surface area contributed by atoms with Crippen molar-refractivity contribution in [2.75, 3.05) is 10.6 Å². The summed E-state index contributed by atoms with van der Waals surface area (Å²) in [5.74, 6) is 0. The maximum atomic E-state index is 12.1. The van der Waals surface area contributed by atoms with E-state index in [0.29, 0.717) is 16.9 Å². The normalized spacial score (nSPS) is 10.1. The van der Waals surface area contributed by atoms with E-state index in [2.05, 4.69) is 31.7 Å². The van der Waals surface area contributed by atoms with E-state index in [9.17, 15) is 4.79 Å². The molecular weight excluding hydrogens is 382 g/mol. The maximum absolute atomic E-state index is 12.1. The molecule has 0 aliphatic rings. The summed E-state index contributed by atoms with van der Waals surface area (Å²) in [6.45, 7) is 0. The highest BCUT2D eigenvalue weighted by atomic mass is 79.9. The van der Waals surface area contributed by atoms with Gasteiger partial charge < -0.3 is 10.6 Å². The number of nitrogens with zero attached hydrogens (tertiary/aromatic N) is 3. The molecule has 0 atom stereocenters. The Labute approximate surface area is 153 Å². The van der Waals surface area contributed by atoms with Crippen LogP contribution in [-0.2, 0) is 7.05 Å². The van der Waals surface area contributed by atoms with Crippen LogP contribution in [0, 0.1) is 11.3 Å². The minimum Gasteiger partial charge on any atom is -0.308 e. The van der Waals surface area contributed by atoms with Gasteiger partial charge in [-0.15, -0.1) is 0 Å². The van der Waals surface area contributed by atoms with Crippen molar-refractivity contribution >= 4 is 33.3 Å². The van der Waals surface area contributed by atoms with Gasteiger partial charge in [0.1, 0.15) is 5.69 Å². The van der Waals surface area contributed by atoms with Crippen molar-refractivity contribution in [2.24, 2.45) is 7.05 Å². The van der Waals surface area contributed by atoms with Crippen LogP contribution < -0.4 is 10.6 Å². The summed E-state index contributed by atoms with van der Waals surface area (Å²) in [7, 11) is 1.85. The number of nitriles is 1. The van der Waals surface area contributed by atoms with Crippen molar-refractivity contribution < 1.29 is 4.79 Å². The van der Waals surface area contributed by atoms with Crippen molar-refractivity contribution in [3.05, 3.63) is 64.8 Å².